The molecule has 0 radical (unpaired) electrons. The Morgan fingerprint density at radius 2 is 2.04 bits per heavy atom. The average Bonchev–Trinajstić information content (AvgIpc) is 3.03. The Morgan fingerprint density at radius 3 is 2.78 bits per heavy atom. The maximum Gasteiger partial charge on any atom is 0.262 e. The lowest BCUT2D eigenvalue weighted by molar-refractivity contribution is -0.130. The van der Waals surface area contributed by atoms with Crippen LogP contribution in [0.25, 0.3) is 0 Å². The van der Waals surface area contributed by atoms with E-state index >= 15 is 0 Å². The first-order chi connectivity index (χ1) is 11.0. The minimum Gasteiger partial charge on any atom is -0.493 e. The summed E-state index contributed by atoms with van der Waals surface area (Å²) in [6.45, 7) is 2.30. The number of benzene rings is 1. The van der Waals surface area contributed by atoms with E-state index in [4.69, 9.17) is 9.47 Å². The molecule has 1 aromatic rings. The van der Waals surface area contributed by atoms with E-state index in [9.17, 15) is 13.2 Å². The summed E-state index contributed by atoms with van der Waals surface area (Å²) < 4.78 is 38.5. The molecule has 2 aliphatic rings. The van der Waals surface area contributed by atoms with Crippen molar-refractivity contribution < 1.29 is 22.7 Å². The lowest BCUT2D eigenvalue weighted by atomic mass is 10.1. The summed E-state index contributed by atoms with van der Waals surface area (Å²) in [6.07, 6.45) is 1.85. The number of hydrogen-bond donors (Lipinski definition) is 1. The zero-order valence-electron chi connectivity index (χ0n) is 13.0. The summed E-state index contributed by atoms with van der Waals surface area (Å²) in [6, 6.07) is 7.03. The monoisotopic (exact) mass is 339 g/mol. The van der Waals surface area contributed by atoms with Gasteiger partial charge in [-0.1, -0.05) is 25.1 Å². The highest BCUT2D eigenvalue weighted by Crippen LogP contribution is 2.36. The fourth-order valence-corrected chi connectivity index (χ4v) is 4.60. The molecule has 0 spiro atoms. The Bertz CT molecular complexity index is 687. The summed E-state index contributed by atoms with van der Waals surface area (Å²) in [5, 5.41) is -0.778. The van der Waals surface area contributed by atoms with Gasteiger partial charge in [0.15, 0.2) is 0 Å². The van der Waals surface area contributed by atoms with Crippen molar-refractivity contribution in [3.63, 3.8) is 0 Å². The van der Waals surface area contributed by atoms with Gasteiger partial charge in [-0.3, -0.25) is 9.52 Å². The fourth-order valence-electron chi connectivity index (χ4n) is 3.11. The number of sulfonamides is 1. The normalized spacial score (nSPS) is 27.1. The molecule has 1 amide bonds. The molecule has 6 nitrogen and oxygen atoms in total. The number of rotatable bonds is 4. The van der Waals surface area contributed by atoms with Crippen LogP contribution < -0.4 is 9.46 Å². The molecule has 1 fully saturated rings. The van der Waals surface area contributed by atoms with Crippen molar-refractivity contribution in [3.8, 4) is 5.75 Å². The van der Waals surface area contributed by atoms with Gasteiger partial charge in [0.2, 0.25) is 10.0 Å². The van der Waals surface area contributed by atoms with Crippen molar-refractivity contribution in [2.24, 2.45) is 0 Å². The summed E-state index contributed by atoms with van der Waals surface area (Å²) in [4.78, 5) is 12.2. The number of nitrogens with one attached hydrogen (secondary N) is 1. The molecule has 1 aromatic carbocycles. The van der Waals surface area contributed by atoms with Crippen LogP contribution in [-0.2, 0) is 19.6 Å². The van der Waals surface area contributed by atoms with Crippen LogP contribution in [-0.4, -0.2) is 33.1 Å². The topological polar surface area (TPSA) is 81.7 Å². The molecule has 7 heteroatoms. The van der Waals surface area contributed by atoms with Gasteiger partial charge in [-0.15, -0.1) is 0 Å². The highest BCUT2D eigenvalue weighted by atomic mass is 32.2. The first kappa shape index (κ1) is 16.3. The van der Waals surface area contributed by atoms with Gasteiger partial charge in [0.1, 0.15) is 17.1 Å². The Hall–Kier alpha value is -1.60. The van der Waals surface area contributed by atoms with Crippen molar-refractivity contribution in [1.82, 2.24) is 4.72 Å². The molecule has 0 saturated carbocycles. The maximum absolute atomic E-state index is 12.6. The number of carbonyl (C=O) groups excluding carboxylic acids is 1. The van der Waals surface area contributed by atoms with E-state index in [1.165, 1.54) is 0 Å². The SMILES string of the molecule is CC[C@@H]1CC[C@H](C(=O)NS(=O)(=O)C2CCOc3ccccc32)O1. The largest absolute Gasteiger partial charge is 0.493 e. The molecule has 0 aliphatic carbocycles. The molecule has 0 bridgehead atoms. The predicted octanol–water partition coefficient (Wildman–Crippen LogP) is 1.91. The minimum absolute atomic E-state index is 0.0391. The van der Waals surface area contributed by atoms with E-state index in [1.807, 2.05) is 6.92 Å². The Balaban J connectivity index is 1.74. The van der Waals surface area contributed by atoms with Crippen LogP contribution in [0.15, 0.2) is 24.3 Å². The number of fused-ring (bicyclic) bond motifs is 1. The Labute approximate surface area is 136 Å². The van der Waals surface area contributed by atoms with E-state index in [0.717, 1.165) is 12.8 Å². The summed E-state index contributed by atoms with van der Waals surface area (Å²) in [5.74, 6) is -0.00494. The van der Waals surface area contributed by atoms with Gasteiger partial charge in [-0.05, 0) is 25.3 Å². The van der Waals surface area contributed by atoms with Crippen molar-refractivity contribution in [3.05, 3.63) is 29.8 Å². The second-order valence-corrected chi connectivity index (χ2v) is 7.77. The number of hydrogen-bond acceptors (Lipinski definition) is 5. The third-order valence-electron chi connectivity index (χ3n) is 4.38. The molecule has 1 unspecified atom stereocenters. The fraction of sp³-hybridized carbons (Fsp3) is 0.562. The van der Waals surface area contributed by atoms with Gasteiger partial charge in [-0.2, -0.15) is 0 Å². The highest BCUT2D eigenvalue weighted by Gasteiger charge is 2.37. The highest BCUT2D eigenvalue weighted by molar-refractivity contribution is 7.90. The summed E-state index contributed by atoms with van der Waals surface area (Å²) in [5.41, 5.74) is 0.595. The lowest BCUT2D eigenvalue weighted by Crippen LogP contribution is -2.41. The Kier molecular flexibility index (Phi) is 4.59. The van der Waals surface area contributed by atoms with E-state index in [1.54, 1.807) is 24.3 Å². The van der Waals surface area contributed by atoms with Gasteiger partial charge in [0, 0.05) is 12.0 Å². The molecule has 3 atom stereocenters. The molecular weight excluding hydrogens is 318 g/mol. The molecule has 23 heavy (non-hydrogen) atoms. The van der Waals surface area contributed by atoms with Crippen LogP contribution >= 0.6 is 0 Å². The third-order valence-corrected chi connectivity index (χ3v) is 6.10. The van der Waals surface area contributed by atoms with Gasteiger partial charge >= 0.3 is 0 Å². The van der Waals surface area contributed by atoms with Crippen molar-refractivity contribution in [1.29, 1.82) is 0 Å². The van der Waals surface area contributed by atoms with E-state index in [2.05, 4.69) is 4.72 Å². The van der Waals surface area contributed by atoms with Crippen molar-refractivity contribution >= 4 is 15.9 Å². The first-order valence-electron chi connectivity index (χ1n) is 7.94. The molecule has 2 heterocycles. The van der Waals surface area contributed by atoms with Crippen LogP contribution in [0.2, 0.25) is 0 Å². The number of amides is 1. The quantitative estimate of drug-likeness (QED) is 0.906. The van der Waals surface area contributed by atoms with Crippen LogP contribution in [0, 0.1) is 0 Å². The molecule has 1 saturated heterocycles. The van der Waals surface area contributed by atoms with Gasteiger partial charge in [0.25, 0.3) is 5.91 Å². The van der Waals surface area contributed by atoms with Crippen LogP contribution in [0.4, 0.5) is 0 Å². The second-order valence-electron chi connectivity index (χ2n) is 5.91. The van der Waals surface area contributed by atoms with E-state index in [-0.39, 0.29) is 6.10 Å². The number of ether oxygens (including phenoxy) is 2. The van der Waals surface area contributed by atoms with Gasteiger partial charge in [-0.25, -0.2) is 8.42 Å². The lowest BCUT2D eigenvalue weighted by Gasteiger charge is -2.26. The van der Waals surface area contributed by atoms with Crippen molar-refractivity contribution in [2.75, 3.05) is 6.61 Å². The average molecular weight is 339 g/mol. The second kappa shape index (κ2) is 6.49. The molecule has 1 N–H and O–H groups in total. The zero-order valence-corrected chi connectivity index (χ0v) is 13.8. The van der Waals surface area contributed by atoms with E-state index in [0.29, 0.717) is 30.8 Å². The molecule has 2 aliphatic heterocycles. The number of carbonyl (C=O) groups is 1. The number of para-hydroxylation sites is 1. The predicted molar refractivity (Wildman–Crippen MR) is 84.5 cm³/mol. The Morgan fingerprint density at radius 1 is 1.26 bits per heavy atom. The minimum atomic E-state index is -3.82. The molecule has 126 valence electrons. The maximum atomic E-state index is 12.6. The zero-order chi connectivity index (χ0) is 16.4. The molecule has 3 rings (SSSR count). The molecular formula is C16H21NO5S. The molecule has 0 aromatic heterocycles. The summed E-state index contributed by atoms with van der Waals surface area (Å²) >= 11 is 0. The smallest absolute Gasteiger partial charge is 0.262 e. The van der Waals surface area contributed by atoms with Crippen LogP contribution in [0.1, 0.15) is 43.4 Å². The van der Waals surface area contributed by atoms with E-state index < -0.39 is 27.3 Å². The standard InChI is InChI=1S/C16H21NO5S/c1-2-11-7-8-14(22-11)16(18)17-23(19,20)15-9-10-21-13-6-4-3-5-12(13)15/h3-6,11,14-15H,2,7-10H2,1H3,(H,17,18)/t11-,14-,15?/m1/s1. The van der Waals surface area contributed by atoms with Gasteiger partial charge in [0.05, 0.1) is 12.7 Å². The van der Waals surface area contributed by atoms with Gasteiger partial charge < -0.3 is 9.47 Å². The third kappa shape index (κ3) is 3.35. The first-order valence-corrected chi connectivity index (χ1v) is 9.48. The summed E-state index contributed by atoms with van der Waals surface area (Å²) in [7, 11) is -3.82. The van der Waals surface area contributed by atoms with Crippen LogP contribution in [0.5, 0.6) is 5.75 Å². The van der Waals surface area contributed by atoms with Crippen molar-refractivity contribution in [2.45, 2.75) is 50.1 Å². The van der Waals surface area contributed by atoms with Crippen LogP contribution in [0.3, 0.4) is 0 Å².